The van der Waals surface area contributed by atoms with Crippen LogP contribution in [0.3, 0.4) is 0 Å². The summed E-state index contributed by atoms with van der Waals surface area (Å²) in [6, 6.07) is 10.2. The average Bonchev–Trinajstić information content (AvgIpc) is 3.46. The SMILES string of the molecule is C[C@@H](NC(=O)c1cc(-n2cc(C(F)(F)F)cn2)ncn1)c1ccc(-c2cc(C(F)(F)F)ccc2CNC(=O)OC(C)(C)C)cc1. The van der Waals surface area contributed by atoms with Crippen molar-refractivity contribution in [1.29, 1.82) is 0 Å². The van der Waals surface area contributed by atoms with E-state index in [4.69, 9.17) is 4.74 Å². The Bertz CT molecular complexity index is 1680. The standard InChI is InChI=1S/C30H28F6N6O3/c1-17(41-26(43)24-12-25(39-16-38-24)42-15-22(14-40-42)30(34,35)36)18-5-7-19(8-6-18)23-11-21(29(31,32)33)10-9-20(23)13-37-27(44)45-28(2,3)4/h5-12,14-17H,13H2,1-4H3,(H,37,44)(H,41,43)/t17-/m1/s1. The van der Waals surface area contributed by atoms with Crippen molar-refractivity contribution in [3.63, 3.8) is 0 Å². The number of nitrogens with one attached hydrogen (secondary N) is 2. The van der Waals surface area contributed by atoms with E-state index in [9.17, 15) is 35.9 Å². The van der Waals surface area contributed by atoms with E-state index in [2.05, 4.69) is 25.7 Å². The minimum absolute atomic E-state index is 0.0549. The second kappa shape index (κ2) is 12.6. The summed E-state index contributed by atoms with van der Waals surface area (Å²) in [5.74, 6) is -0.701. The largest absolute Gasteiger partial charge is 0.444 e. The first kappa shape index (κ1) is 33.0. The smallest absolute Gasteiger partial charge is 0.419 e. The van der Waals surface area contributed by atoms with Crippen LogP contribution < -0.4 is 10.6 Å². The molecule has 0 fully saturated rings. The first-order valence-corrected chi connectivity index (χ1v) is 13.4. The lowest BCUT2D eigenvalue weighted by Gasteiger charge is -2.20. The number of alkyl carbamates (subject to hydrolysis) is 1. The zero-order chi connectivity index (χ0) is 33.2. The van der Waals surface area contributed by atoms with Gasteiger partial charge in [0.25, 0.3) is 5.91 Å². The second-order valence-corrected chi connectivity index (χ2v) is 11.0. The fourth-order valence-corrected chi connectivity index (χ4v) is 4.15. The predicted molar refractivity (Wildman–Crippen MR) is 150 cm³/mol. The van der Waals surface area contributed by atoms with Gasteiger partial charge in [-0.2, -0.15) is 31.4 Å². The van der Waals surface area contributed by atoms with Gasteiger partial charge in [0.15, 0.2) is 5.82 Å². The number of nitrogens with zero attached hydrogens (tertiary/aromatic N) is 4. The molecule has 0 saturated heterocycles. The maximum absolute atomic E-state index is 13.5. The Hall–Kier alpha value is -4.95. The third-order valence-corrected chi connectivity index (χ3v) is 6.36. The van der Waals surface area contributed by atoms with Crippen LogP contribution in [0.1, 0.15) is 66.5 Å². The highest BCUT2D eigenvalue weighted by atomic mass is 19.4. The van der Waals surface area contributed by atoms with Crippen LogP contribution >= 0.6 is 0 Å². The predicted octanol–water partition coefficient (Wildman–Crippen LogP) is 6.88. The van der Waals surface area contributed by atoms with E-state index in [1.54, 1.807) is 52.0 Å². The molecule has 0 saturated carbocycles. The van der Waals surface area contributed by atoms with E-state index in [-0.39, 0.29) is 23.6 Å². The topological polar surface area (TPSA) is 111 Å². The van der Waals surface area contributed by atoms with Crippen molar-refractivity contribution >= 4 is 12.0 Å². The fraction of sp³-hybridized carbons (Fsp3) is 0.300. The molecule has 2 aromatic carbocycles. The molecule has 4 rings (SSSR count). The number of ether oxygens (including phenoxy) is 1. The summed E-state index contributed by atoms with van der Waals surface area (Å²) in [6.07, 6.45) is -7.53. The summed E-state index contributed by atoms with van der Waals surface area (Å²) in [5.41, 5.74) is -1.04. The van der Waals surface area contributed by atoms with Gasteiger partial charge < -0.3 is 15.4 Å². The molecule has 2 heterocycles. The summed E-state index contributed by atoms with van der Waals surface area (Å²) in [4.78, 5) is 32.8. The maximum atomic E-state index is 13.5. The van der Waals surface area contributed by atoms with Crippen LogP contribution in [-0.2, 0) is 23.6 Å². The molecule has 0 spiro atoms. The molecule has 4 aromatic rings. The Balaban J connectivity index is 1.51. The van der Waals surface area contributed by atoms with E-state index >= 15 is 0 Å². The van der Waals surface area contributed by atoms with Crippen molar-refractivity contribution < 1.29 is 40.7 Å². The number of amides is 2. The Labute approximate surface area is 253 Å². The van der Waals surface area contributed by atoms with Gasteiger partial charge in [-0.15, -0.1) is 0 Å². The first-order valence-electron chi connectivity index (χ1n) is 13.4. The number of hydrogen-bond donors (Lipinski definition) is 2. The monoisotopic (exact) mass is 634 g/mol. The first-order chi connectivity index (χ1) is 20.9. The number of rotatable bonds is 7. The van der Waals surface area contributed by atoms with Crippen LogP contribution in [0.4, 0.5) is 31.1 Å². The number of carbonyl (C=O) groups excluding carboxylic acids is 2. The number of benzene rings is 2. The van der Waals surface area contributed by atoms with Crippen molar-refractivity contribution in [1.82, 2.24) is 30.4 Å². The van der Waals surface area contributed by atoms with Gasteiger partial charge in [-0.3, -0.25) is 4.79 Å². The lowest BCUT2D eigenvalue weighted by atomic mass is 9.95. The quantitative estimate of drug-likeness (QED) is 0.215. The van der Waals surface area contributed by atoms with Crippen molar-refractivity contribution in [3.05, 3.63) is 95.2 Å². The Morgan fingerprint density at radius 2 is 1.58 bits per heavy atom. The molecular weight excluding hydrogens is 606 g/mol. The molecule has 1 atom stereocenters. The second-order valence-electron chi connectivity index (χ2n) is 11.0. The average molecular weight is 635 g/mol. The van der Waals surface area contributed by atoms with Crippen LogP contribution in [0.25, 0.3) is 16.9 Å². The van der Waals surface area contributed by atoms with Gasteiger partial charge >= 0.3 is 18.4 Å². The molecule has 2 N–H and O–H groups in total. The summed E-state index contributed by atoms with van der Waals surface area (Å²) in [5, 5.41) is 8.92. The van der Waals surface area contributed by atoms with Crippen LogP contribution in [0.5, 0.6) is 0 Å². The maximum Gasteiger partial charge on any atom is 0.419 e. The molecule has 0 aliphatic heterocycles. The summed E-state index contributed by atoms with van der Waals surface area (Å²) in [7, 11) is 0. The molecule has 15 heteroatoms. The molecule has 2 aromatic heterocycles. The van der Waals surface area contributed by atoms with Crippen molar-refractivity contribution in [2.45, 2.75) is 58.2 Å². The number of aromatic nitrogens is 4. The highest BCUT2D eigenvalue weighted by Gasteiger charge is 2.33. The summed E-state index contributed by atoms with van der Waals surface area (Å²) in [6.45, 7) is 6.63. The lowest BCUT2D eigenvalue weighted by molar-refractivity contribution is -0.138. The van der Waals surface area contributed by atoms with Gasteiger partial charge in [0.05, 0.1) is 23.4 Å². The zero-order valence-electron chi connectivity index (χ0n) is 24.4. The van der Waals surface area contributed by atoms with Gasteiger partial charge in [0.2, 0.25) is 0 Å². The van der Waals surface area contributed by atoms with E-state index in [1.807, 2.05) is 0 Å². The van der Waals surface area contributed by atoms with Crippen LogP contribution in [0.2, 0.25) is 0 Å². The van der Waals surface area contributed by atoms with Crippen molar-refractivity contribution in [2.75, 3.05) is 0 Å². The minimum Gasteiger partial charge on any atom is -0.444 e. The number of alkyl halides is 6. The van der Waals surface area contributed by atoms with Crippen molar-refractivity contribution in [2.24, 2.45) is 0 Å². The molecule has 2 amide bonds. The third-order valence-electron chi connectivity index (χ3n) is 6.36. The number of carbonyl (C=O) groups is 2. The zero-order valence-corrected chi connectivity index (χ0v) is 24.4. The molecule has 0 aliphatic carbocycles. The van der Waals surface area contributed by atoms with Gasteiger partial charge in [-0.1, -0.05) is 30.3 Å². The number of hydrogen-bond acceptors (Lipinski definition) is 6. The molecule has 0 unspecified atom stereocenters. The molecule has 0 aliphatic rings. The Kier molecular flexibility index (Phi) is 9.21. The van der Waals surface area contributed by atoms with Crippen LogP contribution in [0, 0.1) is 0 Å². The van der Waals surface area contributed by atoms with E-state index < -0.39 is 47.1 Å². The Morgan fingerprint density at radius 3 is 2.18 bits per heavy atom. The molecule has 0 radical (unpaired) electrons. The summed E-state index contributed by atoms with van der Waals surface area (Å²) >= 11 is 0. The third kappa shape index (κ3) is 8.58. The fourth-order valence-electron chi connectivity index (χ4n) is 4.15. The van der Waals surface area contributed by atoms with E-state index in [0.29, 0.717) is 22.9 Å². The Morgan fingerprint density at radius 1 is 0.911 bits per heavy atom. The van der Waals surface area contributed by atoms with E-state index in [0.717, 1.165) is 29.3 Å². The van der Waals surface area contributed by atoms with Gasteiger partial charge in [0.1, 0.15) is 17.6 Å². The van der Waals surface area contributed by atoms with Crippen LogP contribution in [-0.4, -0.2) is 37.3 Å². The minimum atomic E-state index is -4.60. The van der Waals surface area contributed by atoms with Gasteiger partial charge in [-0.05, 0) is 62.1 Å². The molecule has 9 nitrogen and oxygen atoms in total. The molecule has 45 heavy (non-hydrogen) atoms. The molecule has 0 bridgehead atoms. The molecular formula is C30H28F6N6O3. The normalized spacial score (nSPS) is 12.8. The van der Waals surface area contributed by atoms with E-state index in [1.165, 1.54) is 12.1 Å². The van der Waals surface area contributed by atoms with Gasteiger partial charge in [0, 0.05) is 18.8 Å². The lowest BCUT2D eigenvalue weighted by Crippen LogP contribution is -2.32. The highest BCUT2D eigenvalue weighted by molar-refractivity contribution is 5.92. The number of halogens is 6. The van der Waals surface area contributed by atoms with Crippen molar-refractivity contribution in [3.8, 4) is 16.9 Å². The van der Waals surface area contributed by atoms with Gasteiger partial charge in [-0.25, -0.2) is 19.4 Å². The molecule has 238 valence electrons. The highest BCUT2D eigenvalue weighted by Crippen LogP contribution is 2.35. The van der Waals surface area contributed by atoms with Crippen LogP contribution in [0.15, 0.2) is 67.3 Å². The summed E-state index contributed by atoms with van der Waals surface area (Å²) < 4.78 is 85.5.